The summed E-state index contributed by atoms with van der Waals surface area (Å²) in [5.41, 5.74) is -0.687. The van der Waals surface area contributed by atoms with Gasteiger partial charge in [-0.3, -0.25) is 14.5 Å². The number of hydrogen-bond donors (Lipinski definition) is 2. The number of nitrogens with zero attached hydrogens (tertiary/aromatic N) is 1. The van der Waals surface area contributed by atoms with E-state index in [9.17, 15) is 18.8 Å². The van der Waals surface area contributed by atoms with Gasteiger partial charge in [0.25, 0.3) is 5.91 Å². The lowest BCUT2D eigenvalue weighted by Crippen LogP contribution is -2.42. The molecular formula is C22H18FN3O3. The predicted octanol–water partition coefficient (Wildman–Crippen LogP) is 3.38. The van der Waals surface area contributed by atoms with Gasteiger partial charge in [0.15, 0.2) is 0 Å². The second-order valence-electron chi connectivity index (χ2n) is 7.04. The molecule has 0 spiro atoms. The van der Waals surface area contributed by atoms with Crippen LogP contribution < -0.4 is 10.6 Å². The quantitative estimate of drug-likeness (QED) is 0.669. The number of nitrogens with one attached hydrogen (secondary N) is 2. The summed E-state index contributed by atoms with van der Waals surface area (Å²) in [4.78, 5) is 38.6. The van der Waals surface area contributed by atoms with Gasteiger partial charge in [-0.05, 0) is 41.5 Å². The molecule has 1 aliphatic heterocycles. The summed E-state index contributed by atoms with van der Waals surface area (Å²) in [6.45, 7) is 1.09. The Balaban J connectivity index is 1.56. The first-order valence-electron chi connectivity index (χ1n) is 9.06. The molecule has 1 unspecified atom stereocenters. The molecule has 0 bridgehead atoms. The third-order valence-electron chi connectivity index (χ3n) is 5.05. The zero-order chi connectivity index (χ0) is 20.6. The fourth-order valence-corrected chi connectivity index (χ4v) is 3.43. The Morgan fingerprint density at radius 3 is 2.48 bits per heavy atom. The second-order valence-corrected chi connectivity index (χ2v) is 7.04. The molecule has 4 amide bonds. The number of para-hydroxylation sites is 1. The molecule has 29 heavy (non-hydrogen) atoms. The molecule has 1 heterocycles. The fraction of sp³-hybridized carbons (Fsp3) is 0.136. The standard InChI is InChI=1S/C22H18FN3O3/c1-22(16-11-10-14-6-2-3-7-15(14)12-16)20(28)26(21(29)25-22)13-19(27)24-18-9-5-4-8-17(18)23/h2-12H,13H2,1H3,(H,24,27)(H,25,29). The van der Waals surface area contributed by atoms with E-state index in [2.05, 4.69) is 10.6 Å². The number of amides is 4. The van der Waals surface area contributed by atoms with Gasteiger partial charge < -0.3 is 10.6 Å². The van der Waals surface area contributed by atoms with Crippen LogP contribution >= 0.6 is 0 Å². The Morgan fingerprint density at radius 1 is 1.03 bits per heavy atom. The van der Waals surface area contributed by atoms with Crippen molar-refractivity contribution < 1.29 is 18.8 Å². The molecule has 0 saturated carbocycles. The molecule has 1 saturated heterocycles. The van der Waals surface area contributed by atoms with Gasteiger partial charge in [0, 0.05) is 0 Å². The summed E-state index contributed by atoms with van der Waals surface area (Å²) in [5.74, 6) is -1.80. The van der Waals surface area contributed by atoms with Crippen LogP contribution in [-0.4, -0.2) is 29.3 Å². The maximum atomic E-state index is 13.7. The average molecular weight is 391 g/mol. The Kier molecular flexibility index (Phi) is 4.50. The van der Waals surface area contributed by atoms with Crippen LogP contribution in [0.15, 0.2) is 66.7 Å². The van der Waals surface area contributed by atoms with Crippen LogP contribution in [0.1, 0.15) is 12.5 Å². The summed E-state index contributed by atoms with van der Waals surface area (Å²) in [6, 6.07) is 18.2. The van der Waals surface area contributed by atoms with Gasteiger partial charge in [0.2, 0.25) is 5.91 Å². The first-order chi connectivity index (χ1) is 13.9. The lowest BCUT2D eigenvalue weighted by molar-refractivity contribution is -0.133. The van der Waals surface area contributed by atoms with E-state index < -0.39 is 35.7 Å². The van der Waals surface area contributed by atoms with Crippen molar-refractivity contribution in [3.8, 4) is 0 Å². The topological polar surface area (TPSA) is 78.5 Å². The summed E-state index contributed by atoms with van der Waals surface area (Å²) in [7, 11) is 0. The van der Waals surface area contributed by atoms with Crippen LogP contribution in [0.3, 0.4) is 0 Å². The van der Waals surface area contributed by atoms with Crippen molar-refractivity contribution in [3.63, 3.8) is 0 Å². The van der Waals surface area contributed by atoms with E-state index in [0.29, 0.717) is 5.56 Å². The number of halogens is 1. The molecule has 0 aliphatic carbocycles. The normalized spacial score (nSPS) is 18.8. The van der Waals surface area contributed by atoms with Gasteiger partial charge in [0.05, 0.1) is 5.69 Å². The minimum atomic E-state index is -1.29. The van der Waals surface area contributed by atoms with Gasteiger partial charge in [-0.2, -0.15) is 0 Å². The molecule has 1 atom stereocenters. The third-order valence-corrected chi connectivity index (χ3v) is 5.05. The fourth-order valence-electron chi connectivity index (χ4n) is 3.43. The highest BCUT2D eigenvalue weighted by atomic mass is 19.1. The summed E-state index contributed by atoms with van der Waals surface area (Å²) < 4.78 is 13.7. The van der Waals surface area contributed by atoms with E-state index >= 15 is 0 Å². The van der Waals surface area contributed by atoms with Crippen LogP contribution in [0.25, 0.3) is 10.8 Å². The minimum Gasteiger partial charge on any atom is -0.322 e. The Morgan fingerprint density at radius 2 is 1.72 bits per heavy atom. The van der Waals surface area contributed by atoms with Gasteiger partial charge in [0.1, 0.15) is 17.9 Å². The van der Waals surface area contributed by atoms with E-state index in [1.165, 1.54) is 18.2 Å². The number of fused-ring (bicyclic) bond motifs is 1. The van der Waals surface area contributed by atoms with Crippen molar-refractivity contribution in [3.05, 3.63) is 78.1 Å². The van der Waals surface area contributed by atoms with Crippen LogP contribution in [0.2, 0.25) is 0 Å². The number of hydrogen-bond acceptors (Lipinski definition) is 3. The summed E-state index contributed by atoms with van der Waals surface area (Å²) in [5, 5.41) is 7.00. The van der Waals surface area contributed by atoms with E-state index in [-0.39, 0.29) is 5.69 Å². The molecule has 6 nitrogen and oxygen atoms in total. The molecule has 2 N–H and O–H groups in total. The minimum absolute atomic E-state index is 0.0122. The first kappa shape index (κ1) is 18.6. The zero-order valence-corrected chi connectivity index (χ0v) is 15.6. The molecule has 4 rings (SSSR count). The van der Waals surface area contributed by atoms with Crippen molar-refractivity contribution in [2.24, 2.45) is 0 Å². The zero-order valence-electron chi connectivity index (χ0n) is 15.6. The van der Waals surface area contributed by atoms with E-state index in [0.717, 1.165) is 15.7 Å². The van der Waals surface area contributed by atoms with Gasteiger partial charge >= 0.3 is 6.03 Å². The monoisotopic (exact) mass is 391 g/mol. The Labute approximate surface area is 166 Å². The van der Waals surface area contributed by atoms with E-state index in [1.807, 2.05) is 36.4 Å². The molecule has 0 radical (unpaired) electrons. The largest absolute Gasteiger partial charge is 0.325 e. The highest BCUT2D eigenvalue weighted by Crippen LogP contribution is 2.31. The maximum absolute atomic E-state index is 13.7. The Bertz CT molecular complexity index is 1150. The van der Waals surface area contributed by atoms with Gasteiger partial charge in [-0.25, -0.2) is 9.18 Å². The number of urea groups is 1. The van der Waals surface area contributed by atoms with Crippen LogP contribution in [0, 0.1) is 5.82 Å². The highest BCUT2D eigenvalue weighted by molar-refractivity contribution is 6.10. The molecular weight excluding hydrogens is 373 g/mol. The third kappa shape index (κ3) is 3.31. The highest BCUT2D eigenvalue weighted by Gasteiger charge is 2.49. The number of rotatable bonds is 4. The Hall–Kier alpha value is -3.74. The second kappa shape index (κ2) is 7.01. The number of anilines is 1. The molecule has 0 aromatic heterocycles. The predicted molar refractivity (Wildman–Crippen MR) is 107 cm³/mol. The van der Waals surface area contributed by atoms with Crippen molar-refractivity contribution in [1.82, 2.24) is 10.2 Å². The van der Waals surface area contributed by atoms with Crippen molar-refractivity contribution in [1.29, 1.82) is 0 Å². The van der Waals surface area contributed by atoms with Crippen LogP contribution in [-0.2, 0) is 15.1 Å². The van der Waals surface area contributed by atoms with Gasteiger partial charge in [-0.15, -0.1) is 0 Å². The van der Waals surface area contributed by atoms with Crippen molar-refractivity contribution in [2.45, 2.75) is 12.5 Å². The first-order valence-corrected chi connectivity index (χ1v) is 9.06. The molecule has 3 aromatic carbocycles. The molecule has 146 valence electrons. The van der Waals surface area contributed by atoms with E-state index in [4.69, 9.17) is 0 Å². The summed E-state index contributed by atoms with van der Waals surface area (Å²) >= 11 is 0. The number of benzene rings is 3. The molecule has 1 aliphatic rings. The lowest BCUT2D eigenvalue weighted by atomic mass is 9.90. The molecule has 1 fully saturated rings. The molecule has 3 aromatic rings. The van der Waals surface area contributed by atoms with Crippen LogP contribution in [0.4, 0.5) is 14.9 Å². The van der Waals surface area contributed by atoms with Gasteiger partial charge in [-0.1, -0.05) is 48.5 Å². The summed E-state index contributed by atoms with van der Waals surface area (Å²) in [6.07, 6.45) is 0. The van der Waals surface area contributed by atoms with Crippen LogP contribution in [0.5, 0.6) is 0 Å². The maximum Gasteiger partial charge on any atom is 0.325 e. The van der Waals surface area contributed by atoms with E-state index in [1.54, 1.807) is 19.1 Å². The number of carbonyl (C=O) groups excluding carboxylic acids is 3. The average Bonchev–Trinajstić information content (AvgIpc) is 2.93. The number of imide groups is 1. The smallest absolute Gasteiger partial charge is 0.322 e. The lowest BCUT2D eigenvalue weighted by Gasteiger charge is -2.22. The van der Waals surface area contributed by atoms with Crippen molar-refractivity contribution >= 4 is 34.3 Å². The number of carbonyl (C=O) groups is 3. The van der Waals surface area contributed by atoms with Crippen molar-refractivity contribution in [2.75, 3.05) is 11.9 Å². The molecule has 7 heteroatoms. The SMILES string of the molecule is CC1(c2ccc3ccccc3c2)NC(=O)N(CC(=O)Nc2ccccc2F)C1=O.